The number of carbonyl (C=O) groups excluding carboxylic acids is 4. The summed E-state index contributed by atoms with van der Waals surface area (Å²) in [5.41, 5.74) is -1.80. The highest BCUT2D eigenvalue weighted by Crippen LogP contribution is 2.48. The van der Waals surface area contributed by atoms with Gasteiger partial charge in [-0.1, -0.05) is 6.08 Å². The molecule has 1 fully saturated rings. The highest BCUT2D eigenvalue weighted by Gasteiger charge is 2.74. The molecule has 1 aromatic carbocycles. The number of fused-ring (bicyclic) bond motifs is 2. The number of pyridine rings is 1. The monoisotopic (exact) mass is 750 g/mol. The molecule has 0 radical (unpaired) electrons. The Bertz CT molecular complexity index is 2230. The van der Waals surface area contributed by atoms with Crippen molar-refractivity contribution in [2.75, 3.05) is 18.1 Å². The van der Waals surface area contributed by atoms with Crippen molar-refractivity contribution >= 4 is 59.3 Å². The van der Waals surface area contributed by atoms with Crippen LogP contribution in [0.5, 0.6) is 0 Å². The fourth-order valence-corrected chi connectivity index (χ4v) is 6.77. The number of halogens is 4. The molecule has 52 heavy (non-hydrogen) atoms. The van der Waals surface area contributed by atoms with Crippen LogP contribution in [0.2, 0.25) is 0 Å². The number of anilines is 1. The smallest absolute Gasteiger partial charge is 0.469 e. The fourth-order valence-electron chi connectivity index (χ4n) is 6.46. The normalized spacial score (nSPS) is 19.5. The Balaban J connectivity index is 1.36. The molecule has 3 N–H and O–H groups in total. The van der Waals surface area contributed by atoms with Crippen LogP contribution in [0.4, 0.5) is 23.2 Å². The van der Waals surface area contributed by atoms with Gasteiger partial charge in [-0.25, -0.2) is 14.3 Å². The van der Waals surface area contributed by atoms with E-state index in [2.05, 4.69) is 0 Å². The number of aromatic nitrogens is 1. The summed E-state index contributed by atoms with van der Waals surface area (Å²) in [6, 6.07) is 6.76. The van der Waals surface area contributed by atoms with E-state index in [1.165, 1.54) is 12.1 Å². The third kappa shape index (κ3) is 6.25. The number of hydrogen-bond acceptors (Lipinski definition) is 10. The van der Waals surface area contributed by atoms with Gasteiger partial charge in [-0.05, 0) is 38.0 Å². The van der Waals surface area contributed by atoms with Crippen molar-refractivity contribution < 1.29 is 69.7 Å². The minimum atomic E-state index is -5.17. The summed E-state index contributed by atoms with van der Waals surface area (Å²) in [5, 5.41) is 10.1. The number of hydrogen-bond donors (Lipinski definition) is 3. The fraction of sp³-hybridized carbons (Fsp3) is 0.333. The molecule has 2 aromatic heterocycles. The zero-order valence-electron chi connectivity index (χ0n) is 27.3. The minimum Gasteiger partial charge on any atom is -0.501 e. The number of phosphoric acid groups is 1. The van der Waals surface area contributed by atoms with Crippen LogP contribution in [0.3, 0.4) is 0 Å². The van der Waals surface area contributed by atoms with E-state index in [0.29, 0.717) is 31.7 Å². The van der Waals surface area contributed by atoms with Gasteiger partial charge in [0.25, 0.3) is 0 Å². The van der Waals surface area contributed by atoms with Gasteiger partial charge in [0.05, 0.1) is 17.7 Å². The van der Waals surface area contributed by atoms with Crippen molar-refractivity contribution in [1.82, 2.24) is 4.90 Å². The highest BCUT2D eigenvalue weighted by molar-refractivity contribution is 7.46. The maximum Gasteiger partial charge on any atom is 0.469 e. The SMILES string of the molecule is CC1(C)C=C(COP(=O)(O)O)c2cc3cc(-c4cc[n+](C5=C(O)C(F)(F)C(F)(F)C5=O)cc4)c(=O)oc3cc2N1CCCC(=O)N1C(=O)CCC1=O. The summed E-state index contributed by atoms with van der Waals surface area (Å²) in [7, 11) is -4.92. The first-order chi connectivity index (χ1) is 24.1. The van der Waals surface area contributed by atoms with Gasteiger partial charge < -0.3 is 24.2 Å². The Morgan fingerprint density at radius 1 is 0.981 bits per heavy atom. The zero-order chi connectivity index (χ0) is 38.1. The Hall–Kier alpha value is -5.03. The van der Waals surface area contributed by atoms with E-state index in [9.17, 15) is 61.0 Å². The predicted molar refractivity (Wildman–Crippen MR) is 172 cm³/mol. The van der Waals surface area contributed by atoms with Crippen LogP contribution in [0, 0.1) is 0 Å². The van der Waals surface area contributed by atoms with E-state index in [1.807, 2.05) is 4.90 Å². The quantitative estimate of drug-likeness (QED) is 0.0941. The molecule has 0 unspecified atom stereocenters. The molecule has 0 spiro atoms. The molecule has 4 heterocycles. The Labute approximate surface area is 290 Å². The number of aliphatic hydroxyl groups excluding tert-OH is 1. The number of phosphoric ester groups is 1. The molecule has 3 aliphatic rings. The molecule has 6 rings (SSSR count). The second-order valence-corrected chi connectivity index (χ2v) is 14.1. The number of imide groups is 3. The standard InChI is InChI=1S/C33H28F4N3O11P/c1-31(2)15-19(16-50-52(47,48)49)20-12-18-13-21(17-7-10-38(11-8-17)27-28(44)32(34,35)33(36,37)29(27)45)30(46)51-23(18)14-22(20)39(31)9-3-4-24(41)40-25(42)5-6-26(40)43/h7-8,10-15H,3-6,9,16H2,1-2H3,(H2-,44,45,47,48,49)/p+1. The zero-order valence-corrected chi connectivity index (χ0v) is 28.2. The number of alkyl halides is 4. The molecule has 3 aromatic rings. The van der Waals surface area contributed by atoms with E-state index in [4.69, 9.17) is 8.94 Å². The van der Waals surface area contributed by atoms with Crippen LogP contribution >= 0.6 is 7.82 Å². The maximum atomic E-state index is 13.9. The number of ketones is 1. The lowest BCUT2D eigenvalue weighted by molar-refractivity contribution is -0.578. The topological polar surface area (TPSA) is 196 Å². The lowest BCUT2D eigenvalue weighted by Crippen LogP contribution is -2.46. The lowest BCUT2D eigenvalue weighted by Gasteiger charge is -2.44. The van der Waals surface area contributed by atoms with E-state index in [0.717, 1.165) is 24.5 Å². The second-order valence-electron chi connectivity index (χ2n) is 12.9. The van der Waals surface area contributed by atoms with Crippen LogP contribution in [0.25, 0.3) is 33.4 Å². The summed E-state index contributed by atoms with van der Waals surface area (Å²) in [4.78, 5) is 83.3. The molecule has 0 atom stereocenters. The molecule has 0 saturated carbocycles. The molecule has 14 nitrogen and oxygen atoms in total. The highest BCUT2D eigenvalue weighted by atomic mass is 31.2. The largest absolute Gasteiger partial charge is 0.501 e. The predicted octanol–water partition coefficient (Wildman–Crippen LogP) is 3.87. The third-order valence-corrected chi connectivity index (χ3v) is 9.45. The lowest BCUT2D eigenvalue weighted by atomic mass is 9.87. The van der Waals surface area contributed by atoms with Crippen LogP contribution in [-0.4, -0.2) is 73.8 Å². The van der Waals surface area contributed by atoms with Crippen LogP contribution in [-0.2, 0) is 28.3 Å². The van der Waals surface area contributed by atoms with Crippen LogP contribution in [0.1, 0.15) is 45.1 Å². The van der Waals surface area contributed by atoms with Gasteiger partial charge in [-0.15, -0.1) is 0 Å². The molecule has 2 aliphatic heterocycles. The number of nitrogens with zero attached hydrogens (tertiary/aromatic N) is 3. The van der Waals surface area contributed by atoms with Gasteiger partial charge in [0, 0.05) is 66.2 Å². The maximum absolute atomic E-state index is 13.9. The van der Waals surface area contributed by atoms with Crippen molar-refractivity contribution in [3.8, 4) is 11.1 Å². The van der Waals surface area contributed by atoms with Crippen molar-refractivity contribution in [2.45, 2.75) is 56.9 Å². The van der Waals surface area contributed by atoms with Gasteiger partial charge in [0.1, 0.15) is 5.58 Å². The van der Waals surface area contributed by atoms with E-state index < -0.39 is 72.4 Å². The van der Waals surface area contributed by atoms with Gasteiger partial charge in [-0.2, -0.15) is 22.1 Å². The number of benzene rings is 1. The molecule has 19 heteroatoms. The number of rotatable bonds is 9. The Morgan fingerprint density at radius 3 is 2.17 bits per heavy atom. The third-order valence-electron chi connectivity index (χ3n) is 8.99. The molecular formula is C33H29F4N3O11P+. The summed E-state index contributed by atoms with van der Waals surface area (Å²) in [5.74, 6) is -16.5. The molecule has 1 saturated heterocycles. The number of Topliss-reactive ketones (excluding diaryl/α,β-unsaturated/α-hetero) is 1. The number of amides is 3. The Morgan fingerprint density at radius 2 is 1.60 bits per heavy atom. The van der Waals surface area contributed by atoms with E-state index in [1.54, 1.807) is 26.0 Å². The molecule has 1 aliphatic carbocycles. The summed E-state index contributed by atoms with van der Waals surface area (Å²) < 4.78 is 78.2. The summed E-state index contributed by atoms with van der Waals surface area (Å²) in [6.07, 6.45) is 3.50. The first-order valence-corrected chi connectivity index (χ1v) is 17.1. The molecule has 274 valence electrons. The number of carbonyl (C=O) groups is 4. The van der Waals surface area contributed by atoms with E-state index in [-0.39, 0.29) is 48.9 Å². The van der Waals surface area contributed by atoms with Crippen molar-refractivity contribution in [2.24, 2.45) is 0 Å². The van der Waals surface area contributed by atoms with Gasteiger partial charge in [-0.3, -0.25) is 23.7 Å². The molecule has 0 bridgehead atoms. The number of likely N-dealkylation sites (tertiary alicyclic amines) is 1. The van der Waals surface area contributed by atoms with Crippen molar-refractivity contribution in [3.63, 3.8) is 0 Å². The van der Waals surface area contributed by atoms with Crippen molar-refractivity contribution in [1.29, 1.82) is 0 Å². The summed E-state index contributed by atoms with van der Waals surface area (Å²) >= 11 is 0. The Kier molecular flexibility index (Phi) is 8.89. The van der Waals surface area contributed by atoms with Crippen molar-refractivity contribution in [3.05, 3.63) is 70.5 Å². The first kappa shape index (κ1) is 36.8. The van der Waals surface area contributed by atoms with E-state index >= 15 is 0 Å². The number of allylic oxidation sites excluding steroid dienone is 2. The summed E-state index contributed by atoms with van der Waals surface area (Å²) in [6.45, 7) is 3.23. The second kappa shape index (κ2) is 12.6. The molecular weight excluding hydrogens is 721 g/mol. The minimum absolute atomic E-state index is 0.0432. The van der Waals surface area contributed by atoms with Gasteiger partial charge in [0.2, 0.25) is 23.5 Å². The first-order valence-electron chi connectivity index (χ1n) is 15.6. The average molecular weight is 751 g/mol. The molecule has 3 amide bonds. The average Bonchev–Trinajstić information content (AvgIpc) is 3.45. The van der Waals surface area contributed by atoms with Crippen LogP contribution in [0.15, 0.2) is 63.8 Å². The van der Waals surface area contributed by atoms with Gasteiger partial charge >= 0.3 is 36.8 Å². The van der Waals surface area contributed by atoms with Crippen LogP contribution < -0.4 is 15.1 Å². The van der Waals surface area contributed by atoms with Gasteiger partial charge in [0.15, 0.2) is 12.4 Å². The number of aliphatic hydroxyl groups is 1.